The Morgan fingerprint density at radius 1 is 1.36 bits per heavy atom. The first-order chi connectivity index (χ1) is 5.09. The molecule has 0 unspecified atom stereocenters. The zero-order valence-electron chi connectivity index (χ0n) is 7.64. The van der Waals surface area contributed by atoms with E-state index in [9.17, 15) is 0 Å². The number of nitrogens with zero attached hydrogens (tertiary/aromatic N) is 1. The molecule has 2 heteroatoms. The van der Waals surface area contributed by atoms with Gasteiger partial charge in [0.25, 0.3) is 0 Å². The Morgan fingerprint density at radius 2 is 2.00 bits per heavy atom. The maximum absolute atomic E-state index is 5.41. The molecule has 1 aromatic rings. The first-order valence-corrected chi connectivity index (χ1v) is 4.02. The van der Waals surface area contributed by atoms with Gasteiger partial charge in [0.2, 0.25) is 0 Å². The van der Waals surface area contributed by atoms with Gasteiger partial charge >= 0.3 is 0 Å². The lowest BCUT2D eigenvalue weighted by Crippen LogP contribution is -1.93. The van der Waals surface area contributed by atoms with Crippen molar-refractivity contribution < 1.29 is 4.42 Å². The van der Waals surface area contributed by atoms with Crippen molar-refractivity contribution in [2.75, 3.05) is 0 Å². The van der Waals surface area contributed by atoms with Gasteiger partial charge in [-0.1, -0.05) is 13.8 Å². The lowest BCUT2D eigenvalue weighted by molar-refractivity contribution is 0.446. The molecule has 0 aromatic carbocycles. The van der Waals surface area contributed by atoms with E-state index in [-0.39, 0.29) is 0 Å². The number of oxazole rings is 1. The van der Waals surface area contributed by atoms with Gasteiger partial charge in [-0.3, -0.25) is 0 Å². The highest BCUT2D eigenvalue weighted by atomic mass is 16.4. The lowest BCUT2D eigenvalue weighted by atomic mass is 10.1. The quantitative estimate of drug-likeness (QED) is 0.652. The molecule has 62 valence electrons. The third-order valence-corrected chi connectivity index (χ3v) is 1.59. The maximum Gasteiger partial charge on any atom is 0.191 e. The van der Waals surface area contributed by atoms with Crippen molar-refractivity contribution in [2.24, 2.45) is 5.92 Å². The summed E-state index contributed by atoms with van der Waals surface area (Å²) in [6.45, 7) is 8.24. The van der Waals surface area contributed by atoms with Crippen LogP contribution in [0.25, 0.3) is 0 Å². The molecular weight excluding hydrogens is 138 g/mol. The molecule has 11 heavy (non-hydrogen) atoms. The highest BCUT2D eigenvalue weighted by Gasteiger charge is 2.07. The van der Waals surface area contributed by atoms with E-state index in [1.807, 2.05) is 13.8 Å². The van der Waals surface area contributed by atoms with E-state index in [4.69, 9.17) is 4.42 Å². The molecule has 2 nitrogen and oxygen atoms in total. The minimum Gasteiger partial charge on any atom is -0.446 e. The van der Waals surface area contributed by atoms with Crippen molar-refractivity contribution in [3.05, 3.63) is 17.3 Å². The standard InChI is InChI=1S/C9H15NO/c1-6(2)5-9-7(3)10-8(4)11-9/h6H,5H2,1-4H3. The number of rotatable bonds is 2. The van der Waals surface area contributed by atoms with Crippen molar-refractivity contribution in [1.82, 2.24) is 4.98 Å². The fourth-order valence-electron chi connectivity index (χ4n) is 1.13. The molecule has 0 amide bonds. The summed E-state index contributed by atoms with van der Waals surface area (Å²) in [6, 6.07) is 0. The van der Waals surface area contributed by atoms with Crippen LogP contribution in [0.4, 0.5) is 0 Å². The molecular formula is C9H15NO. The van der Waals surface area contributed by atoms with Gasteiger partial charge in [0.05, 0.1) is 5.69 Å². The summed E-state index contributed by atoms with van der Waals surface area (Å²) in [5.74, 6) is 2.46. The van der Waals surface area contributed by atoms with Gasteiger partial charge in [0.15, 0.2) is 5.89 Å². The molecule has 1 aromatic heterocycles. The van der Waals surface area contributed by atoms with Gasteiger partial charge in [-0.15, -0.1) is 0 Å². The Kier molecular flexibility index (Phi) is 2.32. The average Bonchev–Trinajstić information content (AvgIpc) is 2.09. The Hall–Kier alpha value is -0.790. The number of hydrogen-bond acceptors (Lipinski definition) is 2. The van der Waals surface area contributed by atoms with Crippen LogP contribution in [0.5, 0.6) is 0 Å². The molecule has 0 aliphatic carbocycles. The van der Waals surface area contributed by atoms with E-state index in [2.05, 4.69) is 18.8 Å². The lowest BCUT2D eigenvalue weighted by Gasteiger charge is -1.99. The zero-order chi connectivity index (χ0) is 8.43. The van der Waals surface area contributed by atoms with Crippen LogP contribution in [-0.2, 0) is 6.42 Å². The molecule has 0 atom stereocenters. The minimum absolute atomic E-state index is 0.640. The topological polar surface area (TPSA) is 26.0 Å². The van der Waals surface area contributed by atoms with Crippen LogP contribution in [0.3, 0.4) is 0 Å². The van der Waals surface area contributed by atoms with Crippen LogP contribution in [0.2, 0.25) is 0 Å². The Morgan fingerprint density at radius 3 is 2.36 bits per heavy atom. The Bertz CT molecular complexity index is 238. The van der Waals surface area contributed by atoms with Crippen LogP contribution >= 0.6 is 0 Å². The molecule has 0 aliphatic heterocycles. The van der Waals surface area contributed by atoms with Crippen molar-refractivity contribution >= 4 is 0 Å². The van der Waals surface area contributed by atoms with Gasteiger partial charge in [0, 0.05) is 13.3 Å². The summed E-state index contributed by atoms with van der Waals surface area (Å²) in [5.41, 5.74) is 1.04. The second-order valence-corrected chi connectivity index (χ2v) is 3.34. The van der Waals surface area contributed by atoms with E-state index < -0.39 is 0 Å². The first-order valence-electron chi connectivity index (χ1n) is 4.02. The third-order valence-electron chi connectivity index (χ3n) is 1.59. The molecule has 0 saturated heterocycles. The largest absolute Gasteiger partial charge is 0.446 e. The minimum atomic E-state index is 0.640. The fourth-order valence-corrected chi connectivity index (χ4v) is 1.13. The first kappa shape index (κ1) is 8.31. The Balaban J connectivity index is 2.77. The Labute approximate surface area is 67.6 Å². The van der Waals surface area contributed by atoms with Gasteiger partial charge < -0.3 is 4.42 Å². The molecule has 0 spiro atoms. The molecule has 0 N–H and O–H groups in total. The summed E-state index contributed by atoms with van der Waals surface area (Å²) in [6.07, 6.45) is 0.993. The second-order valence-electron chi connectivity index (χ2n) is 3.34. The monoisotopic (exact) mass is 153 g/mol. The SMILES string of the molecule is Cc1nc(C)c(CC(C)C)o1. The zero-order valence-corrected chi connectivity index (χ0v) is 7.64. The average molecular weight is 153 g/mol. The van der Waals surface area contributed by atoms with Gasteiger partial charge in [-0.25, -0.2) is 4.98 Å². The van der Waals surface area contributed by atoms with Crippen LogP contribution < -0.4 is 0 Å². The normalized spacial score (nSPS) is 11.0. The molecule has 0 aliphatic rings. The van der Waals surface area contributed by atoms with E-state index in [0.29, 0.717) is 5.92 Å². The summed E-state index contributed by atoms with van der Waals surface area (Å²) in [5, 5.41) is 0. The predicted molar refractivity (Wildman–Crippen MR) is 44.5 cm³/mol. The van der Waals surface area contributed by atoms with E-state index in [0.717, 1.165) is 23.8 Å². The van der Waals surface area contributed by atoms with Crippen molar-refractivity contribution in [3.63, 3.8) is 0 Å². The van der Waals surface area contributed by atoms with Gasteiger partial charge in [-0.05, 0) is 12.8 Å². The summed E-state index contributed by atoms with van der Waals surface area (Å²) in [4.78, 5) is 4.20. The van der Waals surface area contributed by atoms with E-state index in [1.165, 1.54) is 0 Å². The highest BCUT2D eigenvalue weighted by Crippen LogP contribution is 2.13. The van der Waals surface area contributed by atoms with Gasteiger partial charge in [0.1, 0.15) is 5.76 Å². The van der Waals surface area contributed by atoms with Crippen molar-refractivity contribution in [3.8, 4) is 0 Å². The molecule has 1 heterocycles. The molecule has 0 fully saturated rings. The summed E-state index contributed by atoms with van der Waals surface area (Å²) >= 11 is 0. The third kappa shape index (κ3) is 2.07. The molecule has 0 saturated carbocycles. The summed E-state index contributed by atoms with van der Waals surface area (Å²) in [7, 11) is 0. The highest BCUT2D eigenvalue weighted by molar-refractivity contribution is 5.07. The van der Waals surface area contributed by atoms with Crippen LogP contribution in [0, 0.1) is 19.8 Å². The van der Waals surface area contributed by atoms with Crippen LogP contribution in [0.1, 0.15) is 31.2 Å². The number of aryl methyl sites for hydroxylation is 2. The number of hydrogen-bond donors (Lipinski definition) is 0. The fraction of sp³-hybridized carbons (Fsp3) is 0.667. The molecule has 1 rings (SSSR count). The number of aromatic nitrogens is 1. The van der Waals surface area contributed by atoms with Crippen molar-refractivity contribution in [1.29, 1.82) is 0 Å². The van der Waals surface area contributed by atoms with Crippen LogP contribution in [0.15, 0.2) is 4.42 Å². The summed E-state index contributed by atoms with van der Waals surface area (Å²) < 4.78 is 5.41. The maximum atomic E-state index is 5.41. The molecule has 0 bridgehead atoms. The van der Waals surface area contributed by atoms with Crippen LogP contribution in [-0.4, -0.2) is 4.98 Å². The smallest absolute Gasteiger partial charge is 0.191 e. The van der Waals surface area contributed by atoms with Crippen molar-refractivity contribution in [2.45, 2.75) is 34.1 Å². The predicted octanol–water partition coefficient (Wildman–Crippen LogP) is 2.49. The van der Waals surface area contributed by atoms with E-state index in [1.54, 1.807) is 0 Å². The molecule has 0 radical (unpaired) electrons. The van der Waals surface area contributed by atoms with Gasteiger partial charge in [-0.2, -0.15) is 0 Å². The van der Waals surface area contributed by atoms with E-state index >= 15 is 0 Å². The second kappa shape index (κ2) is 3.07.